The van der Waals surface area contributed by atoms with Gasteiger partial charge in [0.25, 0.3) is 0 Å². The number of carbonyl (C=O) groups excluding carboxylic acids is 1. The fraction of sp³-hybridized carbons (Fsp3) is 0.632. The van der Waals surface area contributed by atoms with E-state index in [1.54, 1.807) is 0 Å². The molecule has 2 bridgehead atoms. The van der Waals surface area contributed by atoms with E-state index >= 15 is 0 Å². The quantitative estimate of drug-likeness (QED) is 0.909. The first-order chi connectivity index (χ1) is 11.8. The predicted octanol–water partition coefficient (Wildman–Crippen LogP) is 3.29. The number of likely N-dealkylation sites (tertiary alicyclic amines) is 1. The monoisotopic (exact) mass is 345 g/mol. The van der Waals surface area contributed by atoms with E-state index in [0.29, 0.717) is 6.04 Å². The predicted molar refractivity (Wildman–Crippen MR) is 101 cm³/mol. The number of thioether (sulfide) groups is 1. The Hall–Kier alpha value is -1.20. The summed E-state index contributed by atoms with van der Waals surface area (Å²) < 4.78 is 0. The lowest BCUT2D eigenvalue weighted by Crippen LogP contribution is -2.40. The van der Waals surface area contributed by atoms with Gasteiger partial charge in [0.05, 0.1) is 0 Å². The molecule has 2 heterocycles. The highest BCUT2D eigenvalue weighted by Crippen LogP contribution is 2.37. The zero-order chi connectivity index (χ0) is 16.4. The lowest BCUT2D eigenvalue weighted by Gasteiger charge is -2.27. The molecular weight excluding hydrogens is 318 g/mol. The van der Waals surface area contributed by atoms with Crippen molar-refractivity contribution in [2.45, 2.75) is 31.7 Å². The highest BCUT2D eigenvalue weighted by molar-refractivity contribution is 7.99. The number of amides is 2. The van der Waals surface area contributed by atoms with Crippen LogP contribution in [0.3, 0.4) is 0 Å². The first-order valence-corrected chi connectivity index (χ1v) is 10.4. The Bertz CT molecular complexity index is 570. The lowest BCUT2D eigenvalue weighted by molar-refractivity contribution is 0.194. The van der Waals surface area contributed by atoms with Crippen molar-refractivity contribution in [1.82, 2.24) is 9.80 Å². The van der Waals surface area contributed by atoms with Crippen LogP contribution >= 0.6 is 11.8 Å². The summed E-state index contributed by atoms with van der Waals surface area (Å²) >= 11 is 2.06. The van der Waals surface area contributed by atoms with Gasteiger partial charge in [-0.05, 0) is 49.3 Å². The number of rotatable bonds is 4. The molecule has 1 aromatic rings. The van der Waals surface area contributed by atoms with Crippen LogP contribution in [0.4, 0.5) is 10.5 Å². The number of fused-ring (bicyclic) bond motifs is 2. The average molecular weight is 346 g/mol. The average Bonchev–Trinajstić information content (AvgIpc) is 3.25. The Morgan fingerprint density at radius 1 is 1.17 bits per heavy atom. The van der Waals surface area contributed by atoms with Crippen molar-refractivity contribution < 1.29 is 4.79 Å². The maximum atomic E-state index is 12.4. The number of hydrogen-bond acceptors (Lipinski definition) is 3. The molecule has 130 valence electrons. The molecular formula is C19H27N3OS. The van der Waals surface area contributed by atoms with Crippen LogP contribution in [0.1, 0.15) is 24.8 Å². The molecule has 1 saturated carbocycles. The molecule has 0 spiro atoms. The molecule has 4 nitrogen and oxygen atoms in total. The van der Waals surface area contributed by atoms with Crippen molar-refractivity contribution in [3.63, 3.8) is 0 Å². The third kappa shape index (κ3) is 3.72. The highest BCUT2D eigenvalue weighted by Gasteiger charge is 2.40. The normalized spacial score (nSPS) is 26.8. The summed E-state index contributed by atoms with van der Waals surface area (Å²) in [5, 5.41) is 3.08. The molecule has 2 aliphatic heterocycles. The SMILES string of the molecule is O=C(Nc1ccc(CCN2CCSCC2)cc1)N1CC2CCC1C2. The van der Waals surface area contributed by atoms with Gasteiger partial charge < -0.3 is 15.1 Å². The van der Waals surface area contributed by atoms with Crippen molar-refractivity contribution in [3.8, 4) is 0 Å². The van der Waals surface area contributed by atoms with Gasteiger partial charge in [-0.15, -0.1) is 0 Å². The van der Waals surface area contributed by atoms with E-state index in [1.165, 1.54) is 49.4 Å². The molecule has 2 amide bonds. The Labute approximate surface area is 149 Å². The number of urea groups is 1. The molecule has 0 aromatic heterocycles. The van der Waals surface area contributed by atoms with E-state index in [0.717, 1.165) is 31.1 Å². The summed E-state index contributed by atoms with van der Waals surface area (Å²) in [7, 11) is 0. The van der Waals surface area contributed by atoms with Crippen LogP contribution in [-0.4, -0.2) is 59.6 Å². The van der Waals surface area contributed by atoms with Crippen molar-refractivity contribution in [2.75, 3.05) is 43.0 Å². The number of hydrogen-bond donors (Lipinski definition) is 1. The van der Waals surface area contributed by atoms with Gasteiger partial charge in [0.2, 0.25) is 0 Å². The van der Waals surface area contributed by atoms with Gasteiger partial charge in [-0.25, -0.2) is 4.79 Å². The largest absolute Gasteiger partial charge is 0.322 e. The summed E-state index contributed by atoms with van der Waals surface area (Å²) in [4.78, 5) is 17.0. The number of benzene rings is 1. The number of nitrogens with zero attached hydrogens (tertiary/aromatic N) is 2. The van der Waals surface area contributed by atoms with Crippen molar-refractivity contribution in [3.05, 3.63) is 29.8 Å². The third-order valence-electron chi connectivity index (χ3n) is 5.70. The van der Waals surface area contributed by atoms with Gasteiger partial charge in [-0.1, -0.05) is 12.1 Å². The number of piperidine rings is 1. The molecule has 2 atom stereocenters. The van der Waals surface area contributed by atoms with Gasteiger partial charge in [0.15, 0.2) is 0 Å². The first kappa shape index (κ1) is 16.3. The molecule has 0 radical (unpaired) electrons. The molecule has 1 N–H and O–H groups in total. The van der Waals surface area contributed by atoms with E-state index < -0.39 is 0 Å². The van der Waals surface area contributed by atoms with Crippen LogP contribution in [-0.2, 0) is 6.42 Å². The van der Waals surface area contributed by atoms with Gasteiger partial charge in [0.1, 0.15) is 0 Å². The van der Waals surface area contributed by atoms with Crippen LogP contribution in [0, 0.1) is 5.92 Å². The standard InChI is InChI=1S/C19H27N3OS/c23-19(22-14-16-3-6-18(22)13-16)20-17-4-1-15(2-5-17)7-8-21-9-11-24-12-10-21/h1-2,4-5,16,18H,3,6-14H2,(H,20,23). The third-order valence-corrected chi connectivity index (χ3v) is 6.64. The van der Waals surface area contributed by atoms with Gasteiger partial charge in [-0.3, -0.25) is 0 Å². The number of carbonyl (C=O) groups is 1. The van der Waals surface area contributed by atoms with Crippen LogP contribution < -0.4 is 5.32 Å². The molecule has 2 unspecified atom stereocenters. The maximum absolute atomic E-state index is 12.4. The second-order valence-corrected chi connectivity index (χ2v) is 8.54. The molecule has 1 aromatic carbocycles. The van der Waals surface area contributed by atoms with Gasteiger partial charge in [0, 0.05) is 49.4 Å². The maximum Gasteiger partial charge on any atom is 0.322 e. The number of anilines is 1. The lowest BCUT2D eigenvalue weighted by atomic mass is 10.1. The minimum Gasteiger partial charge on any atom is -0.321 e. The highest BCUT2D eigenvalue weighted by atomic mass is 32.2. The second kappa shape index (κ2) is 7.36. The molecule has 5 heteroatoms. The topological polar surface area (TPSA) is 35.6 Å². The zero-order valence-electron chi connectivity index (χ0n) is 14.2. The molecule has 24 heavy (non-hydrogen) atoms. The molecule has 3 aliphatic rings. The van der Waals surface area contributed by atoms with E-state index in [9.17, 15) is 4.79 Å². The smallest absolute Gasteiger partial charge is 0.321 e. The van der Waals surface area contributed by atoms with Crippen LogP contribution in [0.5, 0.6) is 0 Å². The van der Waals surface area contributed by atoms with E-state index in [4.69, 9.17) is 0 Å². The van der Waals surface area contributed by atoms with Crippen molar-refractivity contribution >= 4 is 23.5 Å². The first-order valence-electron chi connectivity index (χ1n) is 9.24. The molecule has 4 rings (SSSR count). The van der Waals surface area contributed by atoms with E-state index in [2.05, 4.69) is 34.1 Å². The van der Waals surface area contributed by atoms with Crippen LogP contribution in [0.2, 0.25) is 0 Å². The van der Waals surface area contributed by atoms with Crippen molar-refractivity contribution in [1.29, 1.82) is 0 Å². The Kier molecular flexibility index (Phi) is 4.99. The van der Waals surface area contributed by atoms with E-state index in [-0.39, 0.29) is 6.03 Å². The summed E-state index contributed by atoms with van der Waals surface area (Å²) in [6.45, 7) is 4.53. The number of nitrogens with one attached hydrogen (secondary N) is 1. The fourth-order valence-corrected chi connectivity index (χ4v) is 5.21. The van der Waals surface area contributed by atoms with E-state index in [1.807, 2.05) is 17.0 Å². The van der Waals surface area contributed by atoms with Gasteiger partial charge in [-0.2, -0.15) is 11.8 Å². The summed E-state index contributed by atoms with van der Waals surface area (Å²) in [5.41, 5.74) is 2.27. The summed E-state index contributed by atoms with van der Waals surface area (Å²) in [6.07, 6.45) is 4.79. The Morgan fingerprint density at radius 3 is 2.62 bits per heavy atom. The second-order valence-electron chi connectivity index (χ2n) is 7.32. The minimum absolute atomic E-state index is 0.0840. The molecule has 2 saturated heterocycles. The molecule has 3 fully saturated rings. The Morgan fingerprint density at radius 2 is 1.96 bits per heavy atom. The van der Waals surface area contributed by atoms with Crippen LogP contribution in [0.25, 0.3) is 0 Å². The summed E-state index contributed by atoms with van der Waals surface area (Å²) in [6, 6.07) is 8.98. The molecule has 1 aliphatic carbocycles. The van der Waals surface area contributed by atoms with Crippen molar-refractivity contribution in [2.24, 2.45) is 5.92 Å². The zero-order valence-corrected chi connectivity index (χ0v) is 15.1. The van der Waals surface area contributed by atoms with Gasteiger partial charge >= 0.3 is 6.03 Å². The fourth-order valence-electron chi connectivity index (χ4n) is 4.24. The minimum atomic E-state index is 0.0840. The Balaban J connectivity index is 1.27. The summed E-state index contributed by atoms with van der Waals surface area (Å²) in [5.74, 6) is 3.28. The van der Waals surface area contributed by atoms with Crippen LogP contribution in [0.15, 0.2) is 24.3 Å².